The molecular formula is C15H13ClFN3. The van der Waals surface area contributed by atoms with E-state index < -0.39 is 0 Å². The Morgan fingerprint density at radius 1 is 1.20 bits per heavy atom. The van der Waals surface area contributed by atoms with Gasteiger partial charge in [0.15, 0.2) is 0 Å². The number of aryl methyl sites for hydroxylation is 1. The highest BCUT2D eigenvalue weighted by Gasteiger charge is 2.08. The molecule has 0 saturated heterocycles. The number of hydrogen-bond acceptors (Lipinski definition) is 2. The maximum absolute atomic E-state index is 13.2. The van der Waals surface area contributed by atoms with E-state index in [-0.39, 0.29) is 5.82 Å². The molecule has 1 heterocycles. The number of rotatable bonds is 3. The summed E-state index contributed by atoms with van der Waals surface area (Å²) >= 11 is 5.84. The lowest BCUT2D eigenvalue weighted by Crippen LogP contribution is -2.05. The van der Waals surface area contributed by atoms with Gasteiger partial charge in [-0.2, -0.15) is 0 Å². The van der Waals surface area contributed by atoms with Crippen LogP contribution in [0.2, 0.25) is 5.02 Å². The van der Waals surface area contributed by atoms with Crippen LogP contribution >= 0.6 is 11.6 Å². The second kappa shape index (κ2) is 5.13. The first-order valence-corrected chi connectivity index (χ1v) is 6.61. The molecule has 1 N–H and O–H groups in total. The van der Waals surface area contributed by atoms with E-state index in [1.54, 1.807) is 6.07 Å². The van der Waals surface area contributed by atoms with Gasteiger partial charge in [-0.1, -0.05) is 11.6 Å². The zero-order valence-corrected chi connectivity index (χ0v) is 11.7. The third-order valence-corrected chi connectivity index (χ3v) is 3.48. The number of aromatic nitrogens is 2. The van der Waals surface area contributed by atoms with Crippen molar-refractivity contribution >= 4 is 28.3 Å². The summed E-state index contributed by atoms with van der Waals surface area (Å²) in [6.45, 7) is 0.564. The van der Waals surface area contributed by atoms with Crippen molar-refractivity contribution in [1.29, 1.82) is 0 Å². The Labute approximate surface area is 121 Å². The van der Waals surface area contributed by atoms with E-state index in [2.05, 4.69) is 10.3 Å². The van der Waals surface area contributed by atoms with E-state index in [1.807, 2.05) is 35.9 Å². The number of nitrogens with zero attached hydrogens (tertiary/aromatic N) is 2. The maximum Gasteiger partial charge on any atom is 0.128 e. The van der Waals surface area contributed by atoms with E-state index >= 15 is 0 Å². The summed E-state index contributed by atoms with van der Waals surface area (Å²) in [6.07, 6.45) is 0. The number of benzene rings is 2. The molecule has 5 heteroatoms. The lowest BCUT2D eigenvalue weighted by molar-refractivity contribution is 0.629. The van der Waals surface area contributed by atoms with Crippen molar-refractivity contribution in [1.82, 2.24) is 9.55 Å². The Morgan fingerprint density at radius 3 is 2.70 bits per heavy atom. The molecule has 0 spiro atoms. The van der Waals surface area contributed by atoms with Crippen molar-refractivity contribution in [3.8, 4) is 0 Å². The summed E-state index contributed by atoms with van der Waals surface area (Å²) < 4.78 is 15.1. The summed E-state index contributed by atoms with van der Waals surface area (Å²) in [6, 6.07) is 12.1. The minimum atomic E-state index is -0.271. The van der Waals surface area contributed by atoms with Crippen molar-refractivity contribution in [3.05, 3.63) is 59.1 Å². The Balaban J connectivity index is 1.84. The van der Waals surface area contributed by atoms with Crippen LogP contribution in [-0.2, 0) is 13.6 Å². The number of nitrogens with one attached hydrogen (secondary N) is 1. The highest BCUT2D eigenvalue weighted by atomic mass is 35.5. The first-order chi connectivity index (χ1) is 9.63. The van der Waals surface area contributed by atoms with Gasteiger partial charge in [-0.25, -0.2) is 9.37 Å². The fourth-order valence-corrected chi connectivity index (χ4v) is 2.26. The molecule has 0 radical (unpaired) electrons. The molecule has 0 atom stereocenters. The summed E-state index contributed by atoms with van der Waals surface area (Å²) in [5.74, 6) is 0.577. The maximum atomic E-state index is 13.2. The molecular weight excluding hydrogens is 277 g/mol. The minimum Gasteiger partial charge on any atom is -0.378 e. The molecule has 102 valence electrons. The van der Waals surface area contributed by atoms with E-state index in [0.717, 1.165) is 17.0 Å². The first kappa shape index (κ1) is 12.9. The second-order valence-corrected chi connectivity index (χ2v) is 5.02. The van der Waals surface area contributed by atoms with Crippen LogP contribution in [0, 0.1) is 5.82 Å². The van der Waals surface area contributed by atoms with Crippen LogP contribution in [0.4, 0.5) is 10.1 Å². The van der Waals surface area contributed by atoms with Crippen LogP contribution in [-0.4, -0.2) is 9.55 Å². The van der Waals surface area contributed by atoms with E-state index in [4.69, 9.17) is 11.6 Å². The van der Waals surface area contributed by atoms with E-state index in [9.17, 15) is 4.39 Å². The predicted octanol–water partition coefficient (Wildman–Crippen LogP) is 3.98. The largest absolute Gasteiger partial charge is 0.378 e. The third kappa shape index (κ3) is 2.47. The monoisotopic (exact) mass is 289 g/mol. The smallest absolute Gasteiger partial charge is 0.128 e. The molecule has 3 aromatic rings. The van der Waals surface area contributed by atoms with Gasteiger partial charge < -0.3 is 9.88 Å². The van der Waals surface area contributed by atoms with Gasteiger partial charge in [0.05, 0.1) is 17.6 Å². The highest BCUT2D eigenvalue weighted by molar-refractivity contribution is 6.30. The molecule has 3 nitrogen and oxygen atoms in total. The van der Waals surface area contributed by atoms with Crippen molar-refractivity contribution in [2.24, 2.45) is 7.05 Å². The molecule has 0 saturated carbocycles. The normalized spacial score (nSPS) is 10.9. The molecule has 0 unspecified atom stereocenters. The molecule has 2 aromatic carbocycles. The van der Waals surface area contributed by atoms with Gasteiger partial charge in [-0.05, 0) is 36.4 Å². The van der Waals surface area contributed by atoms with Gasteiger partial charge in [-0.3, -0.25) is 0 Å². The van der Waals surface area contributed by atoms with Crippen molar-refractivity contribution in [2.75, 3.05) is 5.32 Å². The summed E-state index contributed by atoms with van der Waals surface area (Å²) in [5.41, 5.74) is 2.55. The standard InChI is InChI=1S/C15H13ClFN3/c1-20-14-7-4-11(17)8-13(14)19-15(20)9-18-12-5-2-10(16)3-6-12/h2-8,18H,9H2,1H3. The zero-order valence-electron chi connectivity index (χ0n) is 10.9. The lowest BCUT2D eigenvalue weighted by Gasteiger charge is -2.06. The Kier molecular flexibility index (Phi) is 3.32. The Morgan fingerprint density at radius 2 is 1.95 bits per heavy atom. The fourth-order valence-electron chi connectivity index (χ4n) is 2.13. The third-order valence-electron chi connectivity index (χ3n) is 3.23. The van der Waals surface area contributed by atoms with Crippen LogP contribution in [0.25, 0.3) is 11.0 Å². The van der Waals surface area contributed by atoms with Gasteiger partial charge in [0.2, 0.25) is 0 Å². The van der Waals surface area contributed by atoms with Gasteiger partial charge >= 0.3 is 0 Å². The second-order valence-electron chi connectivity index (χ2n) is 4.58. The van der Waals surface area contributed by atoms with E-state index in [0.29, 0.717) is 17.1 Å². The van der Waals surface area contributed by atoms with Crippen LogP contribution in [0.1, 0.15) is 5.82 Å². The number of anilines is 1. The molecule has 0 bridgehead atoms. The van der Waals surface area contributed by atoms with Crippen molar-refractivity contribution < 1.29 is 4.39 Å². The molecule has 0 amide bonds. The van der Waals surface area contributed by atoms with Crippen LogP contribution in [0.5, 0.6) is 0 Å². The molecule has 1 aromatic heterocycles. The van der Waals surface area contributed by atoms with Crippen molar-refractivity contribution in [3.63, 3.8) is 0 Å². The molecule has 0 aliphatic carbocycles. The van der Waals surface area contributed by atoms with Crippen LogP contribution < -0.4 is 5.32 Å². The number of fused-ring (bicyclic) bond motifs is 1. The minimum absolute atomic E-state index is 0.271. The van der Waals surface area contributed by atoms with E-state index in [1.165, 1.54) is 12.1 Å². The molecule has 0 fully saturated rings. The fraction of sp³-hybridized carbons (Fsp3) is 0.133. The number of imidazole rings is 1. The first-order valence-electron chi connectivity index (χ1n) is 6.24. The predicted molar refractivity (Wildman–Crippen MR) is 79.5 cm³/mol. The molecule has 3 rings (SSSR count). The average Bonchev–Trinajstić information content (AvgIpc) is 2.74. The van der Waals surface area contributed by atoms with Crippen LogP contribution in [0.15, 0.2) is 42.5 Å². The number of halogens is 2. The summed E-state index contributed by atoms with van der Waals surface area (Å²) in [4.78, 5) is 4.44. The molecule has 0 aliphatic heterocycles. The van der Waals surface area contributed by atoms with Crippen molar-refractivity contribution in [2.45, 2.75) is 6.54 Å². The quantitative estimate of drug-likeness (QED) is 0.790. The molecule has 0 aliphatic rings. The summed E-state index contributed by atoms with van der Waals surface area (Å²) in [7, 11) is 1.92. The number of hydrogen-bond donors (Lipinski definition) is 1. The SMILES string of the molecule is Cn1c(CNc2ccc(Cl)cc2)nc2cc(F)ccc21. The summed E-state index contributed by atoms with van der Waals surface area (Å²) in [5, 5.41) is 3.97. The Hall–Kier alpha value is -2.07. The van der Waals surface area contributed by atoms with Gasteiger partial charge in [-0.15, -0.1) is 0 Å². The lowest BCUT2D eigenvalue weighted by atomic mass is 10.3. The van der Waals surface area contributed by atoms with Crippen LogP contribution in [0.3, 0.4) is 0 Å². The van der Waals surface area contributed by atoms with Gasteiger partial charge in [0.25, 0.3) is 0 Å². The highest BCUT2D eigenvalue weighted by Crippen LogP contribution is 2.18. The van der Waals surface area contributed by atoms with Gasteiger partial charge in [0.1, 0.15) is 11.6 Å². The average molecular weight is 290 g/mol. The Bertz CT molecular complexity index is 750. The molecule has 20 heavy (non-hydrogen) atoms. The zero-order chi connectivity index (χ0) is 14.1. The topological polar surface area (TPSA) is 29.9 Å². The van der Waals surface area contributed by atoms with Gasteiger partial charge in [0, 0.05) is 23.8 Å².